The lowest BCUT2D eigenvalue weighted by Crippen LogP contribution is -2.31. The van der Waals surface area contributed by atoms with Gasteiger partial charge in [-0.1, -0.05) is 29.3 Å². The normalized spacial score (nSPS) is 12.8. The van der Waals surface area contributed by atoms with E-state index in [9.17, 15) is 14.4 Å². The summed E-state index contributed by atoms with van der Waals surface area (Å²) in [5.41, 5.74) is 8.01. The number of benzene rings is 2. The van der Waals surface area contributed by atoms with Crippen molar-refractivity contribution in [1.82, 2.24) is 5.32 Å². The van der Waals surface area contributed by atoms with Crippen LogP contribution < -0.4 is 21.2 Å². The first-order chi connectivity index (χ1) is 14.8. The Morgan fingerprint density at radius 1 is 1.23 bits per heavy atom. The van der Waals surface area contributed by atoms with Gasteiger partial charge in [0.1, 0.15) is 11.8 Å². The zero-order chi connectivity index (χ0) is 22.5. The molecule has 0 saturated heterocycles. The Morgan fingerprint density at radius 3 is 2.58 bits per heavy atom. The summed E-state index contributed by atoms with van der Waals surface area (Å²) in [7, 11) is 0. The molecule has 0 aromatic heterocycles. The largest absolute Gasteiger partial charge is 0.454 e. The fourth-order valence-corrected chi connectivity index (χ4v) is 3.23. The molecular formula is C19H13Cl2N5O5. The third-order valence-corrected chi connectivity index (χ3v) is 4.57. The molecule has 2 aromatic rings. The smallest absolute Gasteiger partial charge is 0.412 e. The zero-order valence-electron chi connectivity index (χ0n) is 15.6. The molecule has 1 heterocycles. The molecule has 0 unspecified atom stereocenters. The predicted octanol–water partition coefficient (Wildman–Crippen LogP) is 2.98. The predicted molar refractivity (Wildman–Crippen MR) is 111 cm³/mol. The molecule has 1 aliphatic rings. The van der Waals surface area contributed by atoms with Crippen molar-refractivity contribution in [2.45, 2.75) is 6.42 Å². The molecule has 0 spiro atoms. The molecule has 2 amide bonds. The molecule has 0 bridgehead atoms. The number of nitrogens with two attached hydrogens (primary N) is 1. The average Bonchev–Trinajstić information content (AvgIpc) is 2.71. The molecule has 31 heavy (non-hydrogen) atoms. The van der Waals surface area contributed by atoms with Crippen molar-refractivity contribution in [3.05, 3.63) is 51.5 Å². The molecule has 158 valence electrons. The van der Waals surface area contributed by atoms with E-state index >= 15 is 0 Å². The van der Waals surface area contributed by atoms with Crippen molar-refractivity contribution in [3.8, 4) is 17.6 Å². The molecule has 3 rings (SSSR count). The number of esters is 1. The van der Waals surface area contributed by atoms with Crippen molar-refractivity contribution in [2.75, 3.05) is 12.0 Å². The van der Waals surface area contributed by atoms with Crippen LogP contribution in [-0.4, -0.2) is 30.2 Å². The van der Waals surface area contributed by atoms with Crippen LogP contribution in [0, 0.1) is 11.3 Å². The summed E-state index contributed by atoms with van der Waals surface area (Å²) in [4.78, 5) is 34.1. The first-order valence-electron chi connectivity index (χ1n) is 8.62. The second kappa shape index (κ2) is 9.34. The van der Waals surface area contributed by atoms with E-state index in [1.807, 2.05) is 0 Å². The summed E-state index contributed by atoms with van der Waals surface area (Å²) in [5.74, 6) is -1.03. The monoisotopic (exact) mass is 461 g/mol. The third-order valence-electron chi connectivity index (χ3n) is 4.01. The van der Waals surface area contributed by atoms with Crippen LogP contribution in [0.15, 0.2) is 35.4 Å². The first kappa shape index (κ1) is 21.9. The number of ether oxygens (including phenoxy) is 2. The number of primary amides is 1. The number of carbonyl (C=O) groups is 3. The lowest BCUT2D eigenvalue weighted by Gasteiger charge is -2.18. The van der Waals surface area contributed by atoms with Crippen molar-refractivity contribution in [3.63, 3.8) is 0 Å². The minimum atomic E-state index is -1.37. The van der Waals surface area contributed by atoms with Gasteiger partial charge in [0.25, 0.3) is 5.91 Å². The Balaban J connectivity index is 1.80. The van der Waals surface area contributed by atoms with Gasteiger partial charge in [-0.2, -0.15) is 10.4 Å². The van der Waals surface area contributed by atoms with E-state index in [-0.39, 0.29) is 27.4 Å². The minimum absolute atomic E-state index is 0.0885. The van der Waals surface area contributed by atoms with E-state index in [1.165, 1.54) is 18.2 Å². The topological polar surface area (TPSA) is 156 Å². The van der Waals surface area contributed by atoms with Gasteiger partial charge in [-0.15, -0.1) is 0 Å². The third kappa shape index (κ3) is 5.22. The number of hydrogen-bond acceptors (Lipinski definition) is 8. The maximum atomic E-state index is 12.0. The maximum absolute atomic E-state index is 12.0. The molecule has 2 aromatic carbocycles. The summed E-state index contributed by atoms with van der Waals surface area (Å²) in [5, 5.41) is 15.4. The number of nitriles is 1. The van der Waals surface area contributed by atoms with Crippen LogP contribution in [0.2, 0.25) is 10.0 Å². The maximum Gasteiger partial charge on any atom is 0.412 e. The summed E-state index contributed by atoms with van der Waals surface area (Å²) in [6.45, 7) is 0.578. The number of fused-ring (bicyclic) bond motifs is 1. The highest BCUT2D eigenvalue weighted by Crippen LogP contribution is 2.39. The number of nitrogens with zero attached hydrogens (tertiary/aromatic N) is 2. The van der Waals surface area contributed by atoms with Crippen LogP contribution >= 0.6 is 23.2 Å². The van der Waals surface area contributed by atoms with Crippen LogP contribution in [0.3, 0.4) is 0 Å². The standard InChI is InChI=1S/C19H13Cl2N5O5/c20-13-5-10(25-26-15(8-22)18(28)31-19(23)29)6-14(21)16(13)30-11-2-1-9-3-4-24-17(27)12(9)7-11/h1-2,5-7,25H,3-4H2,(H2,23,29)(H,24,27). The molecule has 0 atom stereocenters. The Bertz CT molecular complexity index is 1140. The van der Waals surface area contributed by atoms with Crippen molar-refractivity contribution >= 4 is 52.6 Å². The van der Waals surface area contributed by atoms with E-state index in [2.05, 4.69) is 20.6 Å². The number of amides is 2. The number of halogens is 2. The van der Waals surface area contributed by atoms with Gasteiger partial charge in [0.15, 0.2) is 5.75 Å². The van der Waals surface area contributed by atoms with Gasteiger partial charge < -0.3 is 20.5 Å². The second-order valence-electron chi connectivity index (χ2n) is 6.09. The second-order valence-corrected chi connectivity index (χ2v) is 6.90. The highest BCUT2D eigenvalue weighted by atomic mass is 35.5. The van der Waals surface area contributed by atoms with Crippen molar-refractivity contribution < 1.29 is 23.9 Å². The van der Waals surface area contributed by atoms with E-state index in [0.717, 1.165) is 12.0 Å². The van der Waals surface area contributed by atoms with E-state index in [4.69, 9.17) is 38.9 Å². The Hall–Kier alpha value is -3.81. The first-order valence-corrected chi connectivity index (χ1v) is 9.37. The Morgan fingerprint density at radius 2 is 1.94 bits per heavy atom. The van der Waals surface area contributed by atoms with Crippen molar-refractivity contribution in [1.29, 1.82) is 5.26 Å². The van der Waals surface area contributed by atoms with Gasteiger partial charge in [-0.25, -0.2) is 9.59 Å². The lowest BCUT2D eigenvalue weighted by molar-refractivity contribution is -0.129. The average molecular weight is 462 g/mol. The zero-order valence-corrected chi connectivity index (χ0v) is 17.1. The summed E-state index contributed by atoms with van der Waals surface area (Å²) in [6.07, 6.45) is -0.651. The molecule has 0 fully saturated rings. The lowest BCUT2D eigenvalue weighted by atomic mass is 10.0. The van der Waals surface area contributed by atoms with Crippen LogP contribution in [0.4, 0.5) is 10.5 Å². The summed E-state index contributed by atoms with van der Waals surface area (Å²) in [6, 6.07) is 9.31. The SMILES string of the molecule is N#CC(=NNc1cc(Cl)c(Oc2ccc3c(c2)C(=O)NCC3)c(Cl)c1)C(=O)OC(N)=O. The highest BCUT2D eigenvalue weighted by Gasteiger charge is 2.19. The van der Waals surface area contributed by atoms with Gasteiger partial charge in [0.05, 0.1) is 15.7 Å². The number of hydrazone groups is 1. The van der Waals surface area contributed by atoms with Crippen LogP contribution in [0.5, 0.6) is 11.5 Å². The van der Waals surface area contributed by atoms with Crippen LogP contribution in [0.1, 0.15) is 15.9 Å². The van der Waals surface area contributed by atoms with E-state index < -0.39 is 17.8 Å². The molecule has 0 radical (unpaired) electrons. The highest BCUT2D eigenvalue weighted by molar-refractivity contribution is 6.44. The fraction of sp³-hybridized carbons (Fsp3) is 0.105. The summed E-state index contributed by atoms with van der Waals surface area (Å²) < 4.78 is 9.83. The number of nitrogens with one attached hydrogen (secondary N) is 2. The van der Waals surface area contributed by atoms with Gasteiger partial charge in [0.2, 0.25) is 5.71 Å². The quantitative estimate of drug-likeness (QED) is 0.267. The summed E-state index contributed by atoms with van der Waals surface area (Å²) >= 11 is 12.5. The number of anilines is 1. The fourth-order valence-electron chi connectivity index (χ4n) is 2.67. The van der Waals surface area contributed by atoms with Crippen molar-refractivity contribution in [2.24, 2.45) is 10.8 Å². The van der Waals surface area contributed by atoms with Gasteiger partial charge in [-0.05, 0) is 36.2 Å². The van der Waals surface area contributed by atoms with Gasteiger partial charge >= 0.3 is 12.1 Å². The number of rotatable bonds is 5. The Labute approximate surface area is 185 Å². The van der Waals surface area contributed by atoms with Gasteiger partial charge in [0, 0.05) is 12.1 Å². The van der Waals surface area contributed by atoms with E-state index in [1.54, 1.807) is 18.2 Å². The molecule has 0 saturated carbocycles. The van der Waals surface area contributed by atoms with Crippen LogP contribution in [0.25, 0.3) is 0 Å². The van der Waals surface area contributed by atoms with E-state index in [0.29, 0.717) is 17.9 Å². The molecule has 12 heteroatoms. The molecule has 10 nitrogen and oxygen atoms in total. The van der Waals surface area contributed by atoms with Gasteiger partial charge in [-0.3, -0.25) is 10.2 Å². The minimum Gasteiger partial charge on any atom is -0.454 e. The molecule has 0 aliphatic carbocycles. The molecule has 1 aliphatic heterocycles. The molecular weight excluding hydrogens is 449 g/mol. The van der Waals surface area contributed by atoms with Crippen LogP contribution in [-0.2, 0) is 16.0 Å². The number of hydrogen-bond donors (Lipinski definition) is 3. The molecule has 4 N–H and O–H groups in total. The Kier molecular flexibility index (Phi) is 6.59. The number of carbonyl (C=O) groups excluding carboxylic acids is 3.